The Balaban J connectivity index is 1.39. The number of anilines is 1. The van der Waals surface area contributed by atoms with Crippen LogP contribution in [0.4, 0.5) is 9.52 Å². The summed E-state index contributed by atoms with van der Waals surface area (Å²) < 4.78 is 19.8. The molecule has 0 radical (unpaired) electrons. The number of halogens is 1. The van der Waals surface area contributed by atoms with E-state index in [0.29, 0.717) is 12.5 Å². The molecule has 2 aromatic carbocycles. The highest BCUT2D eigenvalue weighted by Crippen LogP contribution is 2.45. The smallest absolute Gasteiger partial charge is 0.307 e. The summed E-state index contributed by atoms with van der Waals surface area (Å²) in [5.41, 5.74) is 2.84. The predicted octanol–water partition coefficient (Wildman–Crippen LogP) is 6.99. The van der Waals surface area contributed by atoms with E-state index in [-0.39, 0.29) is 17.7 Å². The summed E-state index contributed by atoms with van der Waals surface area (Å²) in [7, 11) is 0. The van der Waals surface area contributed by atoms with E-state index in [1.165, 1.54) is 6.07 Å². The Kier molecular flexibility index (Phi) is 8.29. The fourth-order valence-electron chi connectivity index (χ4n) is 5.31. The predicted molar refractivity (Wildman–Crippen MR) is 143 cm³/mol. The van der Waals surface area contributed by atoms with E-state index in [4.69, 9.17) is 9.84 Å². The minimum Gasteiger partial charge on any atom is -0.494 e. The normalized spacial score (nSPS) is 16.1. The van der Waals surface area contributed by atoms with Crippen molar-refractivity contribution in [1.29, 1.82) is 0 Å². The van der Waals surface area contributed by atoms with Crippen molar-refractivity contribution in [2.75, 3.05) is 24.6 Å². The first kappa shape index (κ1) is 26.1. The van der Waals surface area contributed by atoms with Crippen molar-refractivity contribution in [2.45, 2.75) is 52.9 Å². The van der Waals surface area contributed by atoms with Gasteiger partial charge in [0.05, 0.1) is 17.9 Å². The Bertz CT molecular complexity index is 1190. The molecule has 7 heteroatoms. The van der Waals surface area contributed by atoms with Gasteiger partial charge in [-0.2, -0.15) is 0 Å². The van der Waals surface area contributed by atoms with Crippen molar-refractivity contribution in [3.8, 4) is 16.2 Å². The Hall–Kier alpha value is -2.93. The molecule has 1 saturated heterocycles. The molecule has 1 N–H and O–H groups in total. The number of thiazole rings is 1. The number of aliphatic carboxylic acids is 1. The Morgan fingerprint density at radius 3 is 2.72 bits per heavy atom. The van der Waals surface area contributed by atoms with Crippen LogP contribution in [0.3, 0.4) is 0 Å². The summed E-state index contributed by atoms with van der Waals surface area (Å²) in [6, 6.07) is 12.4. The quantitative estimate of drug-likeness (QED) is 0.319. The van der Waals surface area contributed by atoms with Gasteiger partial charge in [0.25, 0.3) is 0 Å². The van der Waals surface area contributed by atoms with Crippen molar-refractivity contribution in [3.63, 3.8) is 0 Å². The zero-order valence-electron chi connectivity index (χ0n) is 21.3. The van der Waals surface area contributed by atoms with E-state index in [2.05, 4.69) is 23.7 Å². The highest BCUT2D eigenvalue weighted by Gasteiger charge is 2.39. The van der Waals surface area contributed by atoms with Gasteiger partial charge in [-0.1, -0.05) is 49.8 Å². The third kappa shape index (κ3) is 6.25. The molecule has 36 heavy (non-hydrogen) atoms. The first-order valence-corrected chi connectivity index (χ1v) is 13.5. The Labute approximate surface area is 217 Å². The Morgan fingerprint density at radius 2 is 2.03 bits per heavy atom. The van der Waals surface area contributed by atoms with Gasteiger partial charge in [-0.3, -0.25) is 4.79 Å². The van der Waals surface area contributed by atoms with Gasteiger partial charge in [0.2, 0.25) is 0 Å². The molecule has 0 spiro atoms. The molecule has 1 aromatic heterocycles. The first-order chi connectivity index (χ1) is 17.3. The van der Waals surface area contributed by atoms with Crippen LogP contribution in [0, 0.1) is 24.1 Å². The fourth-order valence-corrected chi connectivity index (χ4v) is 6.27. The van der Waals surface area contributed by atoms with Gasteiger partial charge < -0.3 is 14.7 Å². The van der Waals surface area contributed by atoms with Crippen molar-refractivity contribution in [2.24, 2.45) is 11.3 Å². The lowest BCUT2D eigenvalue weighted by Gasteiger charge is -2.45. The van der Waals surface area contributed by atoms with Crippen molar-refractivity contribution < 1.29 is 19.0 Å². The number of benzene rings is 2. The van der Waals surface area contributed by atoms with Crippen LogP contribution in [-0.2, 0) is 11.2 Å². The largest absolute Gasteiger partial charge is 0.494 e. The molecule has 1 aliphatic heterocycles. The second-order valence-electron chi connectivity index (χ2n) is 10.00. The summed E-state index contributed by atoms with van der Waals surface area (Å²) in [6.45, 7) is 9.05. The molecule has 1 aliphatic rings. The summed E-state index contributed by atoms with van der Waals surface area (Å²) in [4.78, 5) is 19.1. The molecule has 0 amide bonds. The average molecular weight is 511 g/mol. The van der Waals surface area contributed by atoms with Gasteiger partial charge in [-0.05, 0) is 78.5 Å². The van der Waals surface area contributed by atoms with Gasteiger partial charge in [0.1, 0.15) is 11.6 Å². The molecule has 5 nitrogen and oxygen atoms in total. The number of aromatic nitrogens is 1. The second kappa shape index (κ2) is 11.4. The molecule has 1 unspecified atom stereocenters. The number of rotatable bonds is 10. The van der Waals surface area contributed by atoms with Crippen molar-refractivity contribution >= 4 is 22.4 Å². The van der Waals surface area contributed by atoms with Gasteiger partial charge in [-0.15, -0.1) is 0 Å². The molecule has 4 rings (SSSR count). The molecule has 0 aliphatic carbocycles. The summed E-state index contributed by atoms with van der Waals surface area (Å²) in [5.74, 6) is 0.250. The number of hydrogen-bond donors (Lipinski definition) is 1. The summed E-state index contributed by atoms with van der Waals surface area (Å²) >= 11 is 1.62. The van der Waals surface area contributed by atoms with Crippen LogP contribution in [0.5, 0.6) is 5.75 Å². The zero-order valence-corrected chi connectivity index (χ0v) is 22.1. The number of carboxylic acid groups (broad SMARTS) is 1. The van der Waals surface area contributed by atoms with Gasteiger partial charge >= 0.3 is 5.97 Å². The van der Waals surface area contributed by atoms with Gasteiger partial charge in [0.15, 0.2) is 5.13 Å². The molecule has 1 atom stereocenters. The maximum atomic E-state index is 13.6. The number of hydrogen-bond acceptors (Lipinski definition) is 5. The van der Waals surface area contributed by atoms with E-state index in [0.717, 1.165) is 71.2 Å². The molecule has 192 valence electrons. The third-order valence-corrected chi connectivity index (χ3v) is 8.73. The van der Waals surface area contributed by atoms with Gasteiger partial charge in [0, 0.05) is 19.3 Å². The van der Waals surface area contributed by atoms with E-state index in [9.17, 15) is 9.18 Å². The lowest BCUT2D eigenvalue weighted by atomic mass is 9.66. The minimum atomic E-state index is -0.836. The molecule has 3 aromatic rings. The summed E-state index contributed by atoms with van der Waals surface area (Å²) in [6.07, 6.45) is 6.07. The molecule has 1 fully saturated rings. The lowest BCUT2D eigenvalue weighted by Crippen LogP contribution is -2.44. The van der Waals surface area contributed by atoms with E-state index >= 15 is 0 Å². The van der Waals surface area contributed by atoms with Crippen LogP contribution >= 0.6 is 11.3 Å². The van der Waals surface area contributed by atoms with Crippen LogP contribution in [0.2, 0.25) is 0 Å². The van der Waals surface area contributed by atoms with Crippen molar-refractivity contribution in [3.05, 3.63) is 65.6 Å². The lowest BCUT2D eigenvalue weighted by molar-refractivity contribution is -0.136. The monoisotopic (exact) mass is 510 g/mol. The van der Waals surface area contributed by atoms with E-state index in [1.54, 1.807) is 23.5 Å². The molecule has 0 bridgehead atoms. The topological polar surface area (TPSA) is 62.7 Å². The molecular weight excluding hydrogens is 475 g/mol. The number of aryl methyl sites for hydroxylation is 1. The second-order valence-corrected chi connectivity index (χ2v) is 11.0. The standard InChI is InChI=1S/C29H35FN2O3S/c1-4-21(3)29(10-13-35-25-15-20(2)14-22(16-25)17-27(33)34)8-11-32(12-9-29)28-31-19-26(36-28)23-6-5-7-24(30)18-23/h5-7,14-16,18-19,21H,4,8-13,17H2,1-3H3,(H,33,34). The van der Waals surface area contributed by atoms with E-state index < -0.39 is 5.97 Å². The fraction of sp³-hybridized carbons (Fsp3) is 0.448. The van der Waals surface area contributed by atoms with Crippen LogP contribution in [-0.4, -0.2) is 35.8 Å². The highest BCUT2D eigenvalue weighted by molar-refractivity contribution is 7.18. The molecule has 0 saturated carbocycles. The molecule has 2 heterocycles. The Morgan fingerprint density at radius 1 is 1.25 bits per heavy atom. The minimum absolute atomic E-state index is 0.00234. The average Bonchev–Trinajstić information content (AvgIpc) is 3.33. The third-order valence-electron chi connectivity index (χ3n) is 7.62. The number of ether oxygens (including phenoxy) is 1. The maximum Gasteiger partial charge on any atom is 0.307 e. The SMILES string of the molecule is CCC(C)C1(CCOc2cc(C)cc(CC(=O)O)c2)CCN(c2ncc(-c3cccc(F)c3)s2)CC1. The molecular formula is C29H35FN2O3S. The first-order valence-electron chi connectivity index (χ1n) is 12.7. The number of carboxylic acids is 1. The van der Waals surface area contributed by atoms with Crippen LogP contribution in [0.15, 0.2) is 48.7 Å². The maximum absolute atomic E-state index is 13.6. The van der Waals surface area contributed by atoms with E-state index in [1.807, 2.05) is 37.4 Å². The van der Waals surface area contributed by atoms with Crippen molar-refractivity contribution in [1.82, 2.24) is 4.98 Å². The van der Waals surface area contributed by atoms with Crippen LogP contribution in [0.25, 0.3) is 10.4 Å². The number of carbonyl (C=O) groups is 1. The van der Waals surface area contributed by atoms with Gasteiger partial charge in [-0.25, -0.2) is 9.37 Å². The number of piperidine rings is 1. The van der Waals surface area contributed by atoms with Crippen LogP contribution < -0.4 is 9.64 Å². The highest BCUT2D eigenvalue weighted by atomic mass is 32.1. The summed E-state index contributed by atoms with van der Waals surface area (Å²) in [5, 5.41) is 10.1. The number of nitrogens with zero attached hydrogens (tertiary/aromatic N) is 2. The van der Waals surface area contributed by atoms with Crippen LogP contribution in [0.1, 0.15) is 50.7 Å². The zero-order chi connectivity index (χ0) is 25.7.